The summed E-state index contributed by atoms with van der Waals surface area (Å²) in [6.07, 6.45) is 5.03. The van der Waals surface area contributed by atoms with Crippen LogP contribution in [-0.4, -0.2) is 75.4 Å². The highest BCUT2D eigenvalue weighted by Crippen LogP contribution is 2.51. The van der Waals surface area contributed by atoms with Crippen molar-refractivity contribution < 1.29 is 14.3 Å². The van der Waals surface area contributed by atoms with Crippen molar-refractivity contribution in [2.24, 2.45) is 16.3 Å². The first-order chi connectivity index (χ1) is 12.4. The molecule has 3 aliphatic rings. The van der Waals surface area contributed by atoms with Crippen molar-refractivity contribution in [3.05, 3.63) is 0 Å². The second-order valence-corrected chi connectivity index (χ2v) is 8.51. The van der Waals surface area contributed by atoms with Crippen LogP contribution in [0.4, 0.5) is 0 Å². The van der Waals surface area contributed by atoms with Gasteiger partial charge in [0.1, 0.15) is 6.54 Å². The molecule has 3 fully saturated rings. The number of hydrogen-bond acceptors (Lipinski definition) is 4. The van der Waals surface area contributed by atoms with E-state index < -0.39 is 0 Å². The lowest BCUT2D eigenvalue weighted by atomic mass is 9.55. The van der Waals surface area contributed by atoms with Gasteiger partial charge in [-0.15, -0.1) is 0 Å². The molecule has 1 amide bonds. The van der Waals surface area contributed by atoms with Gasteiger partial charge in [-0.2, -0.15) is 0 Å². The Morgan fingerprint density at radius 3 is 2.62 bits per heavy atom. The quantitative estimate of drug-likeness (QED) is 0.561. The topological polar surface area (TPSA) is 75.2 Å². The van der Waals surface area contributed by atoms with Gasteiger partial charge in [0.25, 0.3) is 0 Å². The van der Waals surface area contributed by atoms with Crippen LogP contribution < -0.4 is 10.6 Å². The maximum Gasteiger partial charge on any atom is 0.243 e. The summed E-state index contributed by atoms with van der Waals surface area (Å²) in [5, 5.41) is 6.98. The van der Waals surface area contributed by atoms with E-state index >= 15 is 0 Å². The second kappa shape index (κ2) is 8.13. The third-order valence-electron chi connectivity index (χ3n) is 6.02. The number of carbonyl (C=O) groups excluding carboxylic acids is 1. The minimum Gasteiger partial charge on any atom is -0.377 e. The van der Waals surface area contributed by atoms with E-state index in [4.69, 9.17) is 9.47 Å². The number of guanidine groups is 1. The largest absolute Gasteiger partial charge is 0.377 e. The SMILES string of the molecule is CN(C)C(=O)CN=C(NCC1CCCO1)NC1C2CCCOC2C1(C)C. The molecule has 0 aromatic rings. The summed E-state index contributed by atoms with van der Waals surface area (Å²) in [4.78, 5) is 18.1. The molecule has 3 rings (SSSR count). The standard InChI is InChI=1S/C19H34N4O3/c1-19(2)16(14-8-6-10-26-17(14)19)22-18(21-12-15(24)23(3)4)20-11-13-7-5-9-25-13/h13-14,16-17H,5-12H2,1-4H3,(H2,20,21,22). The monoisotopic (exact) mass is 366 g/mol. The van der Waals surface area contributed by atoms with Gasteiger partial charge in [-0.3, -0.25) is 4.79 Å². The van der Waals surface area contributed by atoms with Crippen LogP contribution in [0.3, 0.4) is 0 Å². The lowest BCUT2D eigenvalue weighted by Crippen LogP contribution is -2.71. The third kappa shape index (κ3) is 4.14. The van der Waals surface area contributed by atoms with Crippen LogP contribution in [0.2, 0.25) is 0 Å². The number of likely N-dealkylation sites (N-methyl/N-ethyl adjacent to an activating group) is 1. The minimum absolute atomic E-state index is 0.00466. The number of fused-ring (bicyclic) bond motifs is 1. The number of amides is 1. The molecule has 7 nitrogen and oxygen atoms in total. The van der Waals surface area contributed by atoms with Crippen molar-refractivity contribution in [1.82, 2.24) is 15.5 Å². The Morgan fingerprint density at radius 2 is 1.92 bits per heavy atom. The molecule has 4 unspecified atom stereocenters. The fourth-order valence-electron chi connectivity index (χ4n) is 4.42. The zero-order valence-corrected chi connectivity index (χ0v) is 16.6. The van der Waals surface area contributed by atoms with Gasteiger partial charge < -0.3 is 25.0 Å². The summed E-state index contributed by atoms with van der Waals surface area (Å²) in [7, 11) is 3.51. The highest BCUT2D eigenvalue weighted by atomic mass is 16.5. The summed E-state index contributed by atoms with van der Waals surface area (Å²) in [5.41, 5.74) is 0.0585. The number of rotatable bonds is 5. The van der Waals surface area contributed by atoms with E-state index in [0.717, 1.165) is 39.0 Å². The summed E-state index contributed by atoms with van der Waals surface area (Å²) < 4.78 is 11.7. The maximum absolute atomic E-state index is 12.0. The van der Waals surface area contributed by atoms with Crippen LogP contribution in [0.15, 0.2) is 4.99 Å². The Bertz CT molecular complexity index is 529. The van der Waals surface area contributed by atoms with Crippen molar-refractivity contribution >= 4 is 11.9 Å². The van der Waals surface area contributed by atoms with Gasteiger partial charge in [0.05, 0.1) is 12.2 Å². The molecular formula is C19H34N4O3. The molecule has 0 radical (unpaired) electrons. The van der Waals surface area contributed by atoms with Crippen LogP contribution in [-0.2, 0) is 14.3 Å². The van der Waals surface area contributed by atoms with Gasteiger partial charge in [-0.25, -0.2) is 4.99 Å². The Kier molecular flexibility index (Phi) is 6.07. The van der Waals surface area contributed by atoms with E-state index in [0.29, 0.717) is 24.0 Å². The number of ether oxygens (including phenoxy) is 2. The number of hydrogen-bond donors (Lipinski definition) is 2. The average molecular weight is 367 g/mol. The predicted octanol–water partition coefficient (Wildman–Crippen LogP) is 0.992. The molecule has 2 heterocycles. The molecule has 2 aliphatic heterocycles. The van der Waals surface area contributed by atoms with Crippen molar-refractivity contribution in [3.8, 4) is 0 Å². The predicted molar refractivity (Wildman–Crippen MR) is 101 cm³/mol. The van der Waals surface area contributed by atoms with Gasteiger partial charge in [-0.05, 0) is 25.7 Å². The lowest BCUT2D eigenvalue weighted by Gasteiger charge is -2.60. The fraction of sp³-hybridized carbons (Fsp3) is 0.895. The first-order valence-corrected chi connectivity index (χ1v) is 9.88. The van der Waals surface area contributed by atoms with Crippen LogP contribution in [0.1, 0.15) is 39.5 Å². The van der Waals surface area contributed by atoms with E-state index in [1.807, 2.05) is 0 Å². The average Bonchev–Trinajstić information content (AvgIpc) is 3.14. The van der Waals surface area contributed by atoms with E-state index in [2.05, 4.69) is 29.5 Å². The zero-order valence-electron chi connectivity index (χ0n) is 16.6. The van der Waals surface area contributed by atoms with Crippen molar-refractivity contribution in [3.63, 3.8) is 0 Å². The van der Waals surface area contributed by atoms with E-state index in [1.165, 1.54) is 6.42 Å². The summed E-state index contributed by atoms with van der Waals surface area (Å²) in [5.74, 6) is 1.21. The molecule has 148 valence electrons. The number of carbonyl (C=O) groups is 1. The fourth-order valence-corrected chi connectivity index (χ4v) is 4.42. The molecule has 0 bridgehead atoms. The highest BCUT2D eigenvalue weighted by molar-refractivity contribution is 5.85. The maximum atomic E-state index is 12.0. The number of nitrogens with one attached hydrogen (secondary N) is 2. The number of aliphatic imine (C=N–C) groups is 1. The molecular weight excluding hydrogens is 332 g/mol. The van der Waals surface area contributed by atoms with E-state index in [-0.39, 0.29) is 24.0 Å². The van der Waals surface area contributed by atoms with E-state index in [9.17, 15) is 4.79 Å². The van der Waals surface area contributed by atoms with Gasteiger partial charge >= 0.3 is 0 Å². The smallest absolute Gasteiger partial charge is 0.243 e. The molecule has 2 saturated heterocycles. The van der Waals surface area contributed by atoms with E-state index in [1.54, 1.807) is 19.0 Å². The Hall–Kier alpha value is -1.34. The van der Waals surface area contributed by atoms with Crippen molar-refractivity contribution in [2.75, 3.05) is 40.4 Å². The minimum atomic E-state index is -0.00466. The van der Waals surface area contributed by atoms with Gasteiger partial charge in [0.2, 0.25) is 5.91 Å². The van der Waals surface area contributed by atoms with Gasteiger partial charge in [0.15, 0.2) is 5.96 Å². The Morgan fingerprint density at radius 1 is 1.19 bits per heavy atom. The van der Waals surface area contributed by atoms with Crippen molar-refractivity contribution in [2.45, 2.75) is 57.8 Å². The first-order valence-electron chi connectivity index (χ1n) is 9.88. The molecule has 1 saturated carbocycles. The van der Waals surface area contributed by atoms with Gasteiger partial charge in [0, 0.05) is 51.2 Å². The second-order valence-electron chi connectivity index (χ2n) is 8.51. The molecule has 1 aliphatic carbocycles. The summed E-state index contributed by atoms with van der Waals surface area (Å²) in [6.45, 7) is 7.07. The van der Waals surface area contributed by atoms with Crippen molar-refractivity contribution in [1.29, 1.82) is 0 Å². The first kappa shape index (κ1) is 19.4. The molecule has 4 atom stereocenters. The molecule has 2 N–H and O–H groups in total. The lowest BCUT2D eigenvalue weighted by molar-refractivity contribution is -0.188. The van der Waals surface area contributed by atoms with Crippen LogP contribution in [0.25, 0.3) is 0 Å². The highest BCUT2D eigenvalue weighted by Gasteiger charge is 2.58. The van der Waals surface area contributed by atoms with Crippen LogP contribution in [0.5, 0.6) is 0 Å². The summed E-state index contributed by atoms with van der Waals surface area (Å²) in [6, 6.07) is 0.304. The number of nitrogens with zero attached hydrogens (tertiary/aromatic N) is 2. The Balaban J connectivity index is 1.63. The molecule has 0 spiro atoms. The van der Waals surface area contributed by atoms with Gasteiger partial charge in [-0.1, -0.05) is 13.8 Å². The molecule has 0 aromatic carbocycles. The molecule has 7 heteroatoms. The summed E-state index contributed by atoms with van der Waals surface area (Å²) >= 11 is 0. The third-order valence-corrected chi connectivity index (χ3v) is 6.02. The van der Waals surface area contributed by atoms with Crippen LogP contribution in [0, 0.1) is 11.3 Å². The van der Waals surface area contributed by atoms with Crippen LogP contribution >= 0.6 is 0 Å². The Labute approximate surface area is 156 Å². The molecule has 0 aromatic heterocycles. The normalized spacial score (nSPS) is 33.2. The molecule has 26 heavy (non-hydrogen) atoms. The zero-order chi connectivity index (χ0) is 18.7.